The van der Waals surface area contributed by atoms with Gasteiger partial charge in [-0.25, -0.2) is 0 Å². The van der Waals surface area contributed by atoms with Crippen molar-refractivity contribution in [3.05, 3.63) is 193 Å². The summed E-state index contributed by atoms with van der Waals surface area (Å²) >= 11 is -4.39. The minimum atomic E-state index is -2.48. The fourth-order valence-corrected chi connectivity index (χ4v) is 16.1. The second-order valence-electron chi connectivity index (χ2n) is 10.4. The monoisotopic (exact) mass is 666 g/mol. The molecule has 0 atom stereocenters. The quantitative estimate of drug-likeness (QED) is 0.145. The molecule has 0 aliphatic rings. The molecular weight excluding hydrogens is 630 g/mol. The van der Waals surface area contributed by atoms with Crippen molar-refractivity contribution >= 4 is 46.6 Å². The minimum absolute atomic E-state index is 0.578. The van der Waals surface area contributed by atoms with Gasteiger partial charge in [-0.1, -0.05) is 0 Å². The first-order valence-corrected chi connectivity index (χ1v) is 21.1. The predicted molar refractivity (Wildman–Crippen MR) is 180 cm³/mol. The normalized spacial score (nSPS) is 11.6. The Morgan fingerprint density at radius 2 is 0.690 bits per heavy atom. The van der Waals surface area contributed by atoms with Crippen LogP contribution in [-0.4, -0.2) is 29.0 Å². The average molecular weight is 664 g/mol. The molecule has 6 aromatic rings. The van der Waals surface area contributed by atoms with E-state index in [1.54, 1.807) is 0 Å². The second-order valence-corrected chi connectivity index (χ2v) is 20.1. The summed E-state index contributed by atoms with van der Waals surface area (Å²) in [4.78, 5) is 0. The number of hydrogen-bond acceptors (Lipinski definition) is 1. The van der Waals surface area contributed by atoms with Gasteiger partial charge in [-0.2, -0.15) is 0 Å². The summed E-state index contributed by atoms with van der Waals surface area (Å²) in [5.41, 5.74) is 1.88. The van der Waals surface area contributed by atoms with E-state index in [0.717, 1.165) is 11.7 Å². The van der Waals surface area contributed by atoms with Gasteiger partial charge >= 0.3 is 261 Å². The Morgan fingerprint density at radius 3 is 1.05 bits per heavy atom. The van der Waals surface area contributed by atoms with E-state index in [1.165, 1.54) is 28.7 Å². The average Bonchev–Trinajstić information content (AvgIpc) is 3.09. The van der Waals surface area contributed by atoms with Crippen LogP contribution in [0.1, 0.15) is 17.5 Å². The predicted octanol–water partition coefficient (Wildman–Crippen LogP) is 6.45. The molecule has 6 rings (SSSR count). The summed E-state index contributed by atoms with van der Waals surface area (Å²) < 4.78 is 13.4. The van der Waals surface area contributed by atoms with Crippen LogP contribution in [-0.2, 0) is 9.36 Å². The maximum absolute atomic E-state index is 7.80. The molecule has 0 bridgehead atoms. The van der Waals surface area contributed by atoms with Gasteiger partial charge in [-0.05, 0) is 0 Å². The zero-order valence-corrected chi connectivity index (χ0v) is 27.8. The van der Waals surface area contributed by atoms with E-state index >= 15 is 0 Å². The molecule has 0 amide bonds. The van der Waals surface area contributed by atoms with Crippen LogP contribution < -0.4 is 17.6 Å². The topological polar surface area (TPSA) is 9.23 Å². The molecular formula is C39H34Ge2O. The van der Waals surface area contributed by atoms with Gasteiger partial charge in [-0.3, -0.25) is 0 Å². The molecule has 0 aliphatic carbocycles. The van der Waals surface area contributed by atoms with Crippen LogP contribution in [0.2, 0.25) is 5.25 Å². The molecule has 0 saturated carbocycles. The van der Waals surface area contributed by atoms with Crippen LogP contribution in [0.15, 0.2) is 182 Å². The van der Waals surface area contributed by atoms with Crippen LogP contribution in [0, 0.1) is 0 Å². The van der Waals surface area contributed by atoms with Gasteiger partial charge in [0.05, 0.1) is 0 Å². The Hall–Kier alpha value is -3.63. The van der Waals surface area contributed by atoms with E-state index < -0.39 is 34.6 Å². The molecule has 0 unspecified atom stereocenters. The van der Waals surface area contributed by atoms with Crippen molar-refractivity contribution in [3.8, 4) is 0 Å². The molecule has 3 heteroatoms. The second kappa shape index (κ2) is 14.0. The van der Waals surface area contributed by atoms with Crippen LogP contribution in [0.25, 0.3) is 0 Å². The molecule has 1 nitrogen and oxygen atoms in total. The molecule has 0 N–H and O–H groups in total. The summed E-state index contributed by atoms with van der Waals surface area (Å²) in [6.45, 7) is 0. The van der Waals surface area contributed by atoms with Gasteiger partial charge in [0.2, 0.25) is 0 Å². The Kier molecular flexibility index (Phi) is 9.51. The summed E-state index contributed by atoms with van der Waals surface area (Å²) in [7, 11) is 0. The molecule has 0 heterocycles. The Morgan fingerprint density at radius 1 is 0.381 bits per heavy atom. The fraction of sp³-hybridized carbons (Fsp3) is 0.0769. The first kappa shape index (κ1) is 28.5. The Labute approximate surface area is 259 Å². The summed E-state index contributed by atoms with van der Waals surface area (Å²) in [6, 6.07) is 66.1. The standard InChI is InChI=1S/C39H34Ge2O/c1-7-19-33(20-8-1)39(34-21-9-2-10-22-34,42-41(37-27-15-5-16-28-37)38-29-17-6-18-30-38)31-32-40(35-23-11-3-12-24-35)36-25-13-4-14-26-36/h1-30H,31-32H2. The van der Waals surface area contributed by atoms with Gasteiger partial charge in [-0.15, -0.1) is 0 Å². The van der Waals surface area contributed by atoms with Gasteiger partial charge < -0.3 is 0 Å². The van der Waals surface area contributed by atoms with Gasteiger partial charge in [0.25, 0.3) is 0 Å². The molecule has 204 valence electrons. The number of benzene rings is 6. The first-order chi connectivity index (χ1) is 20.8. The van der Waals surface area contributed by atoms with Crippen LogP contribution >= 0.6 is 0 Å². The van der Waals surface area contributed by atoms with Crippen LogP contribution in [0.5, 0.6) is 0 Å². The van der Waals surface area contributed by atoms with Crippen LogP contribution in [0.4, 0.5) is 0 Å². The van der Waals surface area contributed by atoms with Crippen molar-refractivity contribution < 1.29 is 3.76 Å². The molecule has 6 aromatic carbocycles. The van der Waals surface area contributed by atoms with Crippen molar-refractivity contribution in [3.63, 3.8) is 0 Å². The van der Waals surface area contributed by atoms with Crippen molar-refractivity contribution in [2.45, 2.75) is 17.3 Å². The molecule has 0 saturated heterocycles. The summed E-state index contributed by atoms with van der Waals surface area (Å²) in [5, 5.41) is 1.10. The third-order valence-corrected chi connectivity index (χ3v) is 18.5. The number of rotatable bonds is 11. The van der Waals surface area contributed by atoms with Crippen molar-refractivity contribution in [1.29, 1.82) is 0 Å². The summed E-state index contributed by atoms with van der Waals surface area (Å²) in [6.07, 6.45) is 0.913. The SMILES string of the molecule is c1cc[c]([Ge]([CH2]CC([O][Ge]([c]2ccccc2)[c]2ccccc2)(c2ccccc2)c2ccccc2)[c]2ccccc2)cc1. The molecule has 2 radical (unpaired) electrons. The van der Waals surface area contributed by atoms with Crippen molar-refractivity contribution in [1.82, 2.24) is 0 Å². The van der Waals surface area contributed by atoms with E-state index in [0.29, 0.717) is 0 Å². The van der Waals surface area contributed by atoms with E-state index in [1.807, 2.05) is 0 Å². The Bertz CT molecular complexity index is 1510. The van der Waals surface area contributed by atoms with Crippen LogP contribution in [0.3, 0.4) is 0 Å². The van der Waals surface area contributed by atoms with E-state index in [-0.39, 0.29) is 0 Å². The van der Waals surface area contributed by atoms with Crippen molar-refractivity contribution in [2.75, 3.05) is 0 Å². The summed E-state index contributed by atoms with van der Waals surface area (Å²) in [5.74, 6) is 0. The molecule has 0 fully saturated rings. The fourth-order valence-electron chi connectivity index (χ4n) is 5.71. The van der Waals surface area contributed by atoms with Gasteiger partial charge in [0.15, 0.2) is 0 Å². The van der Waals surface area contributed by atoms with Gasteiger partial charge in [0, 0.05) is 0 Å². The zero-order valence-electron chi connectivity index (χ0n) is 23.6. The number of hydrogen-bond donors (Lipinski definition) is 0. The third-order valence-electron chi connectivity index (χ3n) is 7.80. The molecule has 0 spiro atoms. The molecule has 0 aromatic heterocycles. The third kappa shape index (κ3) is 6.54. The van der Waals surface area contributed by atoms with Gasteiger partial charge in [0.1, 0.15) is 0 Å². The Balaban J connectivity index is 1.50. The first-order valence-electron chi connectivity index (χ1n) is 14.6. The zero-order chi connectivity index (χ0) is 28.5. The van der Waals surface area contributed by atoms with E-state index in [9.17, 15) is 0 Å². The maximum atomic E-state index is 7.80. The van der Waals surface area contributed by atoms with E-state index in [4.69, 9.17) is 3.76 Å². The van der Waals surface area contributed by atoms with E-state index in [2.05, 4.69) is 182 Å². The van der Waals surface area contributed by atoms with Crippen molar-refractivity contribution in [2.24, 2.45) is 0 Å². The molecule has 0 aliphatic heterocycles. The molecule has 42 heavy (non-hydrogen) atoms.